The van der Waals surface area contributed by atoms with Crippen molar-refractivity contribution in [3.05, 3.63) is 58.1 Å². The van der Waals surface area contributed by atoms with Crippen LogP contribution in [0.1, 0.15) is 5.56 Å². The second-order valence-corrected chi connectivity index (χ2v) is 6.06. The van der Waals surface area contributed by atoms with Crippen molar-refractivity contribution in [3.63, 3.8) is 0 Å². The lowest BCUT2D eigenvalue weighted by Crippen LogP contribution is -2.01. The van der Waals surface area contributed by atoms with Crippen molar-refractivity contribution in [2.45, 2.75) is 16.9 Å². The summed E-state index contributed by atoms with van der Waals surface area (Å²) in [5.41, 5.74) is -2.75. The van der Waals surface area contributed by atoms with Gasteiger partial charge in [-0.25, -0.2) is 0 Å². The molecule has 2 aromatic rings. The Labute approximate surface area is 134 Å². The molecule has 0 amide bonds. The Morgan fingerprint density at radius 2 is 1.67 bits per heavy atom. The van der Waals surface area contributed by atoms with Crippen LogP contribution in [0, 0.1) is 0 Å². The predicted molar refractivity (Wildman–Crippen MR) is 82.1 cm³/mol. The maximum absolute atomic E-state index is 12.2. The summed E-state index contributed by atoms with van der Waals surface area (Å²) in [7, 11) is 0. The van der Waals surface area contributed by atoms with Crippen LogP contribution in [0.4, 0.5) is 18.9 Å². The van der Waals surface area contributed by atoms with Gasteiger partial charge >= 0.3 is 5.51 Å². The molecule has 7 heteroatoms. The highest BCUT2D eigenvalue weighted by Gasteiger charge is 2.28. The molecule has 0 saturated heterocycles. The Balaban J connectivity index is 1.99. The van der Waals surface area contributed by atoms with E-state index < -0.39 is 5.51 Å². The van der Waals surface area contributed by atoms with Gasteiger partial charge < -0.3 is 5.32 Å². The third-order valence-corrected chi connectivity index (χ3v) is 4.20. The molecule has 0 radical (unpaired) electrons. The van der Waals surface area contributed by atoms with E-state index in [1.54, 1.807) is 24.3 Å². The van der Waals surface area contributed by atoms with Crippen LogP contribution in [0.25, 0.3) is 0 Å². The van der Waals surface area contributed by atoms with Crippen molar-refractivity contribution in [1.29, 1.82) is 0 Å². The summed E-state index contributed by atoms with van der Waals surface area (Å²) in [4.78, 5) is 0.147. The minimum Gasteiger partial charge on any atom is -0.381 e. The van der Waals surface area contributed by atoms with E-state index in [-0.39, 0.29) is 16.7 Å². The molecule has 0 aliphatic heterocycles. The van der Waals surface area contributed by atoms with Gasteiger partial charge in [0.25, 0.3) is 0 Å². The molecule has 21 heavy (non-hydrogen) atoms. The highest BCUT2D eigenvalue weighted by Crippen LogP contribution is 2.37. The molecule has 0 heterocycles. The first-order chi connectivity index (χ1) is 9.85. The maximum Gasteiger partial charge on any atom is 0.446 e. The summed E-state index contributed by atoms with van der Waals surface area (Å²) in [5, 5.41) is 4.02. The number of alkyl halides is 3. The average molecular weight is 352 g/mol. The van der Waals surface area contributed by atoms with Crippen molar-refractivity contribution < 1.29 is 13.2 Å². The molecule has 0 aliphatic carbocycles. The number of thioether (sulfide) groups is 1. The summed E-state index contributed by atoms with van der Waals surface area (Å²) >= 11 is 11.8. The quantitative estimate of drug-likeness (QED) is 0.656. The molecule has 1 N–H and O–H groups in total. The van der Waals surface area contributed by atoms with Crippen molar-refractivity contribution in [2.75, 3.05) is 5.32 Å². The fraction of sp³-hybridized carbons (Fsp3) is 0.143. The van der Waals surface area contributed by atoms with Crippen molar-refractivity contribution >= 4 is 40.7 Å². The van der Waals surface area contributed by atoms with Gasteiger partial charge in [0.1, 0.15) is 0 Å². The van der Waals surface area contributed by atoms with Crippen LogP contribution in [0.2, 0.25) is 10.0 Å². The molecule has 0 atom stereocenters. The van der Waals surface area contributed by atoms with Crippen LogP contribution in [0.15, 0.2) is 47.4 Å². The Kier molecular flexibility index (Phi) is 5.30. The molecule has 0 fully saturated rings. The van der Waals surface area contributed by atoms with E-state index >= 15 is 0 Å². The molecule has 0 spiro atoms. The van der Waals surface area contributed by atoms with E-state index in [1.807, 2.05) is 6.07 Å². The smallest absolute Gasteiger partial charge is 0.381 e. The van der Waals surface area contributed by atoms with E-state index in [4.69, 9.17) is 23.2 Å². The summed E-state index contributed by atoms with van der Waals surface area (Å²) in [6.07, 6.45) is 0. The average Bonchev–Trinajstić information content (AvgIpc) is 2.40. The number of nitrogens with one attached hydrogen (secondary N) is 1. The van der Waals surface area contributed by atoms with Crippen LogP contribution in [0.5, 0.6) is 0 Å². The monoisotopic (exact) mass is 351 g/mol. The first-order valence-electron chi connectivity index (χ1n) is 5.88. The lowest BCUT2D eigenvalue weighted by atomic mass is 10.2. The molecule has 112 valence electrons. The van der Waals surface area contributed by atoms with Crippen LogP contribution in [-0.4, -0.2) is 5.51 Å². The van der Waals surface area contributed by atoms with Gasteiger partial charge in [-0.15, -0.1) is 0 Å². The molecule has 1 nitrogen and oxygen atoms in total. The topological polar surface area (TPSA) is 12.0 Å². The van der Waals surface area contributed by atoms with Gasteiger partial charge in [-0.05, 0) is 47.7 Å². The number of anilines is 1. The van der Waals surface area contributed by atoms with Gasteiger partial charge in [-0.2, -0.15) is 13.2 Å². The Bertz CT molecular complexity index is 615. The van der Waals surface area contributed by atoms with Crippen LogP contribution >= 0.6 is 35.0 Å². The molecule has 2 aromatic carbocycles. The lowest BCUT2D eigenvalue weighted by Gasteiger charge is -2.10. The SMILES string of the molecule is FC(F)(F)Sc1ccc(NCc2cccc(Cl)c2Cl)cc1. The molecule has 0 bridgehead atoms. The zero-order valence-electron chi connectivity index (χ0n) is 10.5. The van der Waals surface area contributed by atoms with Crippen LogP contribution < -0.4 is 5.32 Å². The summed E-state index contributed by atoms with van der Waals surface area (Å²) in [6, 6.07) is 11.3. The maximum atomic E-state index is 12.2. The standard InChI is InChI=1S/C14H10Cl2F3NS/c15-12-3-1-2-9(13(12)16)8-20-10-4-6-11(7-5-10)21-14(17,18)19/h1-7,20H,8H2. The van der Waals surface area contributed by atoms with E-state index in [1.165, 1.54) is 12.1 Å². The lowest BCUT2D eigenvalue weighted by molar-refractivity contribution is -0.0328. The van der Waals surface area contributed by atoms with Gasteiger partial charge in [0.05, 0.1) is 10.0 Å². The van der Waals surface area contributed by atoms with Gasteiger partial charge in [-0.3, -0.25) is 0 Å². The fourth-order valence-corrected chi connectivity index (χ4v) is 2.58. The number of benzene rings is 2. The van der Waals surface area contributed by atoms with Crippen molar-refractivity contribution in [2.24, 2.45) is 0 Å². The van der Waals surface area contributed by atoms with Crippen molar-refractivity contribution in [1.82, 2.24) is 0 Å². The molecule has 0 saturated carbocycles. The fourth-order valence-electron chi connectivity index (χ4n) is 1.66. The third kappa shape index (κ3) is 5.02. The summed E-state index contributed by atoms with van der Waals surface area (Å²) in [6.45, 7) is 0.436. The zero-order chi connectivity index (χ0) is 15.5. The Hall–Kier alpha value is -1.04. The van der Waals surface area contributed by atoms with Crippen LogP contribution in [0.3, 0.4) is 0 Å². The first kappa shape index (κ1) is 16.3. The summed E-state index contributed by atoms with van der Waals surface area (Å²) < 4.78 is 36.6. The number of rotatable bonds is 4. The molecule has 0 unspecified atom stereocenters. The van der Waals surface area contributed by atoms with Crippen LogP contribution in [-0.2, 0) is 6.54 Å². The van der Waals surface area contributed by atoms with Crippen molar-refractivity contribution in [3.8, 4) is 0 Å². The van der Waals surface area contributed by atoms with Gasteiger partial charge in [0, 0.05) is 17.1 Å². The third-order valence-electron chi connectivity index (χ3n) is 2.60. The second kappa shape index (κ2) is 6.81. The van der Waals surface area contributed by atoms with E-state index in [0.29, 0.717) is 22.3 Å². The number of halogens is 5. The molecule has 0 aromatic heterocycles. The largest absolute Gasteiger partial charge is 0.446 e. The highest BCUT2D eigenvalue weighted by molar-refractivity contribution is 8.00. The Morgan fingerprint density at radius 3 is 2.29 bits per heavy atom. The molecular formula is C14H10Cl2F3NS. The minimum atomic E-state index is -4.27. The van der Waals surface area contributed by atoms with Gasteiger partial charge in [0.2, 0.25) is 0 Å². The Morgan fingerprint density at radius 1 is 1.00 bits per heavy atom. The van der Waals surface area contributed by atoms with E-state index in [2.05, 4.69) is 5.32 Å². The minimum absolute atomic E-state index is 0.138. The van der Waals surface area contributed by atoms with Gasteiger partial charge in [0.15, 0.2) is 0 Å². The first-order valence-corrected chi connectivity index (χ1v) is 7.45. The predicted octanol–water partition coefficient (Wildman–Crippen LogP) is 6.22. The number of hydrogen-bond donors (Lipinski definition) is 1. The highest BCUT2D eigenvalue weighted by atomic mass is 35.5. The molecule has 2 rings (SSSR count). The normalized spacial score (nSPS) is 11.5. The van der Waals surface area contributed by atoms with E-state index in [0.717, 1.165) is 5.56 Å². The zero-order valence-corrected chi connectivity index (χ0v) is 12.9. The van der Waals surface area contributed by atoms with E-state index in [9.17, 15) is 13.2 Å². The number of hydrogen-bond acceptors (Lipinski definition) is 2. The molecular weight excluding hydrogens is 342 g/mol. The summed E-state index contributed by atoms with van der Waals surface area (Å²) in [5.74, 6) is 0. The second-order valence-electron chi connectivity index (χ2n) is 4.14. The van der Waals surface area contributed by atoms with Gasteiger partial charge in [-0.1, -0.05) is 35.3 Å². The molecule has 0 aliphatic rings.